The summed E-state index contributed by atoms with van der Waals surface area (Å²) in [5, 5.41) is 11.5. The summed E-state index contributed by atoms with van der Waals surface area (Å²) < 4.78 is 13.3. The first-order valence-electron chi connectivity index (χ1n) is 6.09. The SMILES string of the molecule is Cc1ccc(NC(=O)c2cccc(F)c2N)cc1C(=O)O. The van der Waals surface area contributed by atoms with Crippen molar-refractivity contribution in [1.29, 1.82) is 0 Å². The number of aromatic carboxylic acids is 1. The van der Waals surface area contributed by atoms with Crippen molar-refractivity contribution in [3.8, 4) is 0 Å². The van der Waals surface area contributed by atoms with Crippen LogP contribution in [-0.2, 0) is 0 Å². The van der Waals surface area contributed by atoms with Crippen LogP contribution in [0, 0.1) is 12.7 Å². The minimum absolute atomic E-state index is 0.00699. The molecule has 21 heavy (non-hydrogen) atoms. The fraction of sp³-hybridized carbons (Fsp3) is 0.0667. The van der Waals surface area contributed by atoms with Gasteiger partial charge in [-0.15, -0.1) is 0 Å². The maximum Gasteiger partial charge on any atom is 0.336 e. The minimum atomic E-state index is -1.09. The number of hydrogen-bond acceptors (Lipinski definition) is 3. The molecule has 0 fully saturated rings. The second kappa shape index (κ2) is 5.62. The highest BCUT2D eigenvalue weighted by Gasteiger charge is 2.14. The molecule has 4 N–H and O–H groups in total. The molecule has 2 rings (SSSR count). The molecule has 0 aliphatic heterocycles. The smallest absolute Gasteiger partial charge is 0.336 e. The van der Waals surface area contributed by atoms with Gasteiger partial charge in [0.2, 0.25) is 0 Å². The third-order valence-corrected chi connectivity index (χ3v) is 3.02. The summed E-state index contributed by atoms with van der Waals surface area (Å²) in [7, 11) is 0. The molecule has 2 aromatic rings. The number of amides is 1. The molecule has 0 aliphatic rings. The molecular formula is C15H13FN2O3. The van der Waals surface area contributed by atoms with Gasteiger partial charge in [-0.25, -0.2) is 9.18 Å². The Labute approximate surface area is 120 Å². The van der Waals surface area contributed by atoms with Crippen molar-refractivity contribution >= 4 is 23.3 Å². The van der Waals surface area contributed by atoms with Crippen molar-refractivity contribution < 1.29 is 19.1 Å². The third kappa shape index (κ3) is 3.00. The number of nitrogens with one attached hydrogen (secondary N) is 1. The summed E-state index contributed by atoms with van der Waals surface area (Å²) in [6.07, 6.45) is 0. The molecule has 0 heterocycles. The number of benzene rings is 2. The van der Waals surface area contributed by atoms with Crippen molar-refractivity contribution in [3.05, 3.63) is 58.9 Å². The first-order valence-corrected chi connectivity index (χ1v) is 6.09. The van der Waals surface area contributed by atoms with E-state index in [2.05, 4.69) is 5.32 Å². The summed E-state index contributed by atoms with van der Waals surface area (Å²) >= 11 is 0. The molecule has 0 spiro atoms. The van der Waals surface area contributed by atoms with Crippen LogP contribution in [0.25, 0.3) is 0 Å². The van der Waals surface area contributed by atoms with E-state index in [1.54, 1.807) is 19.1 Å². The molecular weight excluding hydrogens is 275 g/mol. The molecule has 0 atom stereocenters. The fourth-order valence-electron chi connectivity index (χ4n) is 1.86. The maximum atomic E-state index is 13.3. The van der Waals surface area contributed by atoms with E-state index >= 15 is 0 Å². The topological polar surface area (TPSA) is 92.4 Å². The lowest BCUT2D eigenvalue weighted by Crippen LogP contribution is -2.15. The second-order valence-electron chi connectivity index (χ2n) is 4.49. The van der Waals surface area contributed by atoms with Gasteiger partial charge in [0.05, 0.1) is 16.8 Å². The van der Waals surface area contributed by atoms with Crippen LogP contribution in [0.4, 0.5) is 15.8 Å². The lowest BCUT2D eigenvalue weighted by Gasteiger charge is -2.09. The van der Waals surface area contributed by atoms with Crippen molar-refractivity contribution in [2.75, 3.05) is 11.1 Å². The Morgan fingerprint density at radius 1 is 1.19 bits per heavy atom. The van der Waals surface area contributed by atoms with Gasteiger partial charge in [-0.3, -0.25) is 4.79 Å². The number of carboxylic acids is 1. The van der Waals surface area contributed by atoms with E-state index in [4.69, 9.17) is 10.8 Å². The first-order chi connectivity index (χ1) is 9.90. The molecule has 2 aromatic carbocycles. The Balaban J connectivity index is 2.30. The Kier molecular flexibility index (Phi) is 3.89. The van der Waals surface area contributed by atoms with Crippen molar-refractivity contribution in [1.82, 2.24) is 0 Å². The Morgan fingerprint density at radius 3 is 2.57 bits per heavy atom. The normalized spacial score (nSPS) is 10.2. The van der Waals surface area contributed by atoms with E-state index in [0.717, 1.165) is 6.07 Å². The molecule has 1 amide bonds. The number of nitrogens with two attached hydrogens (primary N) is 1. The zero-order valence-corrected chi connectivity index (χ0v) is 11.2. The van der Waals surface area contributed by atoms with Crippen LogP contribution in [0.1, 0.15) is 26.3 Å². The Morgan fingerprint density at radius 2 is 1.90 bits per heavy atom. The van der Waals surface area contributed by atoms with Gasteiger partial charge >= 0.3 is 5.97 Å². The molecule has 0 saturated carbocycles. The molecule has 5 nitrogen and oxygen atoms in total. The lowest BCUT2D eigenvalue weighted by atomic mass is 10.1. The van der Waals surface area contributed by atoms with E-state index < -0.39 is 17.7 Å². The monoisotopic (exact) mass is 288 g/mol. The molecule has 0 saturated heterocycles. The summed E-state index contributed by atoms with van der Waals surface area (Å²) in [6.45, 7) is 1.65. The van der Waals surface area contributed by atoms with Crippen LogP contribution in [0.3, 0.4) is 0 Å². The van der Waals surface area contributed by atoms with Crippen LogP contribution in [0.15, 0.2) is 36.4 Å². The number of hydrogen-bond donors (Lipinski definition) is 3. The summed E-state index contributed by atoms with van der Waals surface area (Å²) in [5.74, 6) is -2.38. The largest absolute Gasteiger partial charge is 0.478 e. The van der Waals surface area contributed by atoms with Gasteiger partial charge in [-0.2, -0.15) is 0 Å². The molecule has 108 valence electrons. The molecule has 0 aromatic heterocycles. The predicted molar refractivity (Wildman–Crippen MR) is 76.9 cm³/mol. The Hall–Kier alpha value is -2.89. The van der Waals surface area contributed by atoms with Crippen LogP contribution in [0.5, 0.6) is 0 Å². The molecule has 0 aliphatic carbocycles. The number of carboxylic acid groups (broad SMARTS) is 1. The van der Waals surface area contributed by atoms with Crippen molar-refractivity contribution in [3.63, 3.8) is 0 Å². The quantitative estimate of drug-likeness (QED) is 0.757. The fourth-order valence-corrected chi connectivity index (χ4v) is 1.86. The minimum Gasteiger partial charge on any atom is -0.478 e. The molecule has 0 unspecified atom stereocenters. The van der Waals surface area contributed by atoms with Crippen LogP contribution < -0.4 is 11.1 Å². The lowest BCUT2D eigenvalue weighted by molar-refractivity contribution is 0.0695. The standard InChI is InChI=1S/C15H13FN2O3/c1-8-5-6-9(7-11(8)15(20)21)18-14(19)10-3-2-4-12(16)13(10)17/h2-7H,17H2,1H3,(H,18,19)(H,20,21). The van der Waals surface area contributed by atoms with Gasteiger partial charge in [0.25, 0.3) is 5.91 Å². The van der Waals surface area contributed by atoms with Gasteiger partial charge in [0.1, 0.15) is 5.82 Å². The summed E-state index contributed by atoms with van der Waals surface area (Å²) in [6, 6.07) is 8.40. The van der Waals surface area contributed by atoms with Gasteiger partial charge in [0.15, 0.2) is 0 Å². The van der Waals surface area contributed by atoms with Crippen LogP contribution in [0.2, 0.25) is 0 Å². The van der Waals surface area contributed by atoms with Crippen LogP contribution >= 0.6 is 0 Å². The second-order valence-corrected chi connectivity index (χ2v) is 4.49. The van der Waals surface area contributed by atoms with Crippen molar-refractivity contribution in [2.24, 2.45) is 0 Å². The zero-order valence-electron chi connectivity index (χ0n) is 11.2. The zero-order chi connectivity index (χ0) is 15.6. The summed E-state index contributed by atoms with van der Waals surface area (Å²) in [4.78, 5) is 23.1. The predicted octanol–water partition coefficient (Wildman–Crippen LogP) is 2.67. The number of halogens is 1. The van der Waals surface area contributed by atoms with E-state index in [1.165, 1.54) is 18.2 Å². The maximum absolute atomic E-state index is 13.3. The summed E-state index contributed by atoms with van der Waals surface area (Å²) in [5.41, 5.74) is 6.21. The highest BCUT2D eigenvalue weighted by atomic mass is 19.1. The average molecular weight is 288 g/mol. The number of carbonyl (C=O) groups excluding carboxylic acids is 1. The van der Waals surface area contributed by atoms with Crippen LogP contribution in [-0.4, -0.2) is 17.0 Å². The average Bonchev–Trinajstić information content (AvgIpc) is 2.43. The molecule has 0 bridgehead atoms. The number of aryl methyl sites for hydroxylation is 1. The number of rotatable bonds is 3. The number of carbonyl (C=O) groups is 2. The van der Waals surface area contributed by atoms with Gasteiger partial charge < -0.3 is 16.2 Å². The number of anilines is 2. The van der Waals surface area contributed by atoms with Gasteiger partial charge in [-0.1, -0.05) is 12.1 Å². The highest BCUT2D eigenvalue weighted by molar-refractivity contribution is 6.08. The van der Waals surface area contributed by atoms with Gasteiger partial charge in [0, 0.05) is 5.69 Å². The van der Waals surface area contributed by atoms with Gasteiger partial charge in [-0.05, 0) is 36.8 Å². The van der Waals surface area contributed by atoms with E-state index in [-0.39, 0.29) is 16.8 Å². The highest BCUT2D eigenvalue weighted by Crippen LogP contribution is 2.19. The first kappa shape index (κ1) is 14.5. The van der Waals surface area contributed by atoms with E-state index in [1.807, 2.05) is 0 Å². The van der Waals surface area contributed by atoms with Crippen molar-refractivity contribution in [2.45, 2.75) is 6.92 Å². The molecule has 0 radical (unpaired) electrons. The van der Waals surface area contributed by atoms with E-state index in [9.17, 15) is 14.0 Å². The molecule has 6 heteroatoms. The van der Waals surface area contributed by atoms with E-state index in [0.29, 0.717) is 11.3 Å². The third-order valence-electron chi connectivity index (χ3n) is 3.02. The number of nitrogen functional groups attached to an aromatic ring is 1. The Bertz CT molecular complexity index is 729. The number of para-hydroxylation sites is 1.